The van der Waals surface area contributed by atoms with Crippen LogP contribution in [0.1, 0.15) is 17.2 Å². The van der Waals surface area contributed by atoms with Crippen molar-refractivity contribution in [2.45, 2.75) is 12.5 Å². The lowest BCUT2D eigenvalue weighted by Gasteiger charge is -2.15. The van der Waals surface area contributed by atoms with Crippen LogP contribution in [0.3, 0.4) is 0 Å². The summed E-state index contributed by atoms with van der Waals surface area (Å²) in [6.07, 6.45) is 4.20. The second-order valence-corrected chi connectivity index (χ2v) is 4.97. The standard InChI is InChI=1S/C14H15BrN2O/c1-18-14-9-17-7-6-12(14)13(16)8-10-2-4-11(15)5-3-10/h2-7,9,13H,8,16H2,1H3. The number of halogens is 1. The van der Waals surface area contributed by atoms with Gasteiger partial charge in [0.05, 0.1) is 13.3 Å². The molecule has 0 bridgehead atoms. The number of benzene rings is 1. The van der Waals surface area contributed by atoms with Crippen LogP contribution in [0, 0.1) is 0 Å². The second kappa shape index (κ2) is 5.98. The van der Waals surface area contributed by atoms with E-state index in [1.54, 1.807) is 19.5 Å². The van der Waals surface area contributed by atoms with Gasteiger partial charge in [0, 0.05) is 22.3 Å². The van der Waals surface area contributed by atoms with E-state index in [2.05, 4.69) is 33.0 Å². The highest BCUT2D eigenvalue weighted by Crippen LogP contribution is 2.25. The Balaban J connectivity index is 2.16. The molecule has 2 aromatic rings. The molecule has 0 saturated carbocycles. The average molecular weight is 307 g/mol. The maximum Gasteiger partial charge on any atom is 0.141 e. The number of hydrogen-bond acceptors (Lipinski definition) is 3. The largest absolute Gasteiger partial charge is 0.495 e. The normalized spacial score (nSPS) is 12.2. The molecule has 1 unspecified atom stereocenters. The zero-order valence-corrected chi connectivity index (χ0v) is 11.7. The minimum atomic E-state index is -0.0934. The Morgan fingerprint density at radius 2 is 2.00 bits per heavy atom. The highest BCUT2D eigenvalue weighted by atomic mass is 79.9. The third-order valence-corrected chi connectivity index (χ3v) is 3.33. The highest BCUT2D eigenvalue weighted by molar-refractivity contribution is 9.10. The van der Waals surface area contributed by atoms with Crippen LogP contribution < -0.4 is 10.5 Å². The van der Waals surface area contributed by atoms with Crippen molar-refractivity contribution in [1.29, 1.82) is 0 Å². The predicted octanol–water partition coefficient (Wildman–Crippen LogP) is 3.10. The van der Waals surface area contributed by atoms with Gasteiger partial charge in [-0.15, -0.1) is 0 Å². The van der Waals surface area contributed by atoms with Gasteiger partial charge in [-0.2, -0.15) is 0 Å². The summed E-state index contributed by atoms with van der Waals surface area (Å²) in [5.74, 6) is 0.738. The Labute approximate surface area is 115 Å². The topological polar surface area (TPSA) is 48.1 Å². The number of nitrogens with two attached hydrogens (primary N) is 1. The van der Waals surface area contributed by atoms with Crippen molar-refractivity contribution in [2.75, 3.05) is 7.11 Å². The van der Waals surface area contributed by atoms with E-state index in [4.69, 9.17) is 10.5 Å². The molecule has 0 saturated heterocycles. The van der Waals surface area contributed by atoms with Crippen LogP contribution >= 0.6 is 15.9 Å². The molecule has 0 aliphatic heterocycles. The van der Waals surface area contributed by atoms with Gasteiger partial charge in [-0.1, -0.05) is 28.1 Å². The first kappa shape index (κ1) is 13.1. The van der Waals surface area contributed by atoms with Crippen LogP contribution in [0.15, 0.2) is 47.2 Å². The lowest BCUT2D eigenvalue weighted by molar-refractivity contribution is 0.403. The van der Waals surface area contributed by atoms with Gasteiger partial charge in [-0.05, 0) is 30.2 Å². The van der Waals surface area contributed by atoms with Crippen LogP contribution in [0.2, 0.25) is 0 Å². The fourth-order valence-corrected chi connectivity index (χ4v) is 2.12. The molecule has 1 aromatic heterocycles. The monoisotopic (exact) mass is 306 g/mol. The summed E-state index contributed by atoms with van der Waals surface area (Å²) in [6.45, 7) is 0. The molecule has 0 aliphatic rings. The maximum atomic E-state index is 6.22. The molecule has 3 nitrogen and oxygen atoms in total. The summed E-state index contributed by atoms with van der Waals surface area (Å²) >= 11 is 3.42. The molecule has 1 aromatic carbocycles. The second-order valence-electron chi connectivity index (χ2n) is 4.05. The summed E-state index contributed by atoms with van der Waals surface area (Å²) in [6, 6.07) is 9.99. The molecule has 94 valence electrons. The fraction of sp³-hybridized carbons (Fsp3) is 0.214. The van der Waals surface area contributed by atoms with E-state index in [0.29, 0.717) is 0 Å². The fourth-order valence-electron chi connectivity index (χ4n) is 1.85. The van der Waals surface area contributed by atoms with Crippen LogP contribution in [-0.2, 0) is 6.42 Å². The molecule has 1 atom stereocenters. The van der Waals surface area contributed by atoms with E-state index >= 15 is 0 Å². The van der Waals surface area contributed by atoms with Gasteiger partial charge in [0.1, 0.15) is 5.75 Å². The minimum absolute atomic E-state index is 0.0934. The van der Waals surface area contributed by atoms with Gasteiger partial charge in [0.25, 0.3) is 0 Å². The molecule has 4 heteroatoms. The Bertz CT molecular complexity index is 513. The van der Waals surface area contributed by atoms with Crippen molar-refractivity contribution in [3.8, 4) is 5.75 Å². The number of hydrogen-bond donors (Lipinski definition) is 1. The van der Waals surface area contributed by atoms with Crippen LogP contribution in [0.4, 0.5) is 0 Å². The molecule has 18 heavy (non-hydrogen) atoms. The van der Waals surface area contributed by atoms with Crippen molar-refractivity contribution in [1.82, 2.24) is 4.98 Å². The van der Waals surface area contributed by atoms with Gasteiger partial charge in [-0.3, -0.25) is 4.98 Å². The number of ether oxygens (including phenoxy) is 1. The lowest BCUT2D eigenvalue weighted by atomic mass is 10.00. The first-order valence-corrected chi connectivity index (χ1v) is 6.48. The van der Waals surface area contributed by atoms with Gasteiger partial charge in [-0.25, -0.2) is 0 Å². The molecule has 2 rings (SSSR count). The molecule has 1 heterocycles. The Morgan fingerprint density at radius 3 is 2.67 bits per heavy atom. The summed E-state index contributed by atoms with van der Waals surface area (Å²) in [5.41, 5.74) is 8.40. The van der Waals surface area contributed by atoms with Crippen molar-refractivity contribution in [3.63, 3.8) is 0 Å². The first-order chi connectivity index (χ1) is 8.70. The van der Waals surface area contributed by atoms with Crippen molar-refractivity contribution >= 4 is 15.9 Å². The van der Waals surface area contributed by atoms with Gasteiger partial charge in [0.15, 0.2) is 0 Å². The summed E-state index contributed by atoms with van der Waals surface area (Å²) in [5, 5.41) is 0. The van der Waals surface area contributed by atoms with Crippen LogP contribution in [0.5, 0.6) is 5.75 Å². The van der Waals surface area contributed by atoms with E-state index in [-0.39, 0.29) is 6.04 Å². The van der Waals surface area contributed by atoms with Crippen molar-refractivity contribution < 1.29 is 4.74 Å². The third-order valence-electron chi connectivity index (χ3n) is 2.80. The molecule has 0 aliphatic carbocycles. The van der Waals surface area contributed by atoms with Gasteiger partial charge < -0.3 is 10.5 Å². The average Bonchev–Trinajstić information content (AvgIpc) is 2.41. The number of aromatic nitrogens is 1. The first-order valence-electron chi connectivity index (χ1n) is 5.68. The molecular formula is C14H15BrN2O. The summed E-state index contributed by atoms with van der Waals surface area (Å²) in [7, 11) is 1.63. The Kier molecular flexibility index (Phi) is 4.33. The van der Waals surface area contributed by atoms with Crippen molar-refractivity contribution in [2.24, 2.45) is 5.73 Å². The quantitative estimate of drug-likeness (QED) is 0.944. The summed E-state index contributed by atoms with van der Waals surface area (Å²) < 4.78 is 6.34. The third kappa shape index (κ3) is 3.09. The number of pyridine rings is 1. The Hall–Kier alpha value is -1.39. The summed E-state index contributed by atoms with van der Waals surface area (Å²) in [4.78, 5) is 4.03. The van der Waals surface area contributed by atoms with Gasteiger partial charge in [0.2, 0.25) is 0 Å². The highest BCUT2D eigenvalue weighted by Gasteiger charge is 2.12. The maximum absolute atomic E-state index is 6.22. The zero-order chi connectivity index (χ0) is 13.0. The number of nitrogens with zero attached hydrogens (tertiary/aromatic N) is 1. The van der Waals surface area contributed by atoms with Gasteiger partial charge >= 0.3 is 0 Å². The molecular weight excluding hydrogens is 292 g/mol. The number of rotatable bonds is 4. The predicted molar refractivity (Wildman–Crippen MR) is 75.6 cm³/mol. The van der Waals surface area contributed by atoms with E-state index in [1.807, 2.05) is 18.2 Å². The van der Waals surface area contributed by atoms with Crippen molar-refractivity contribution in [3.05, 3.63) is 58.3 Å². The minimum Gasteiger partial charge on any atom is -0.495 e. The number of methoxy groups -OCH3 is 1. The smallest absolute Gasteiger partial charge is 0.141 e. The zero-order valence-electron chi connectivity index (χ0n) is 10.1. The Morgan fingerprint density at radius 1 is 1.28 bits per heavy atom. The molecule has 2 N–H and O–H groups in total. The molecule has 0 fully saturated rings. The van der Waals surface area contributed by atoms with E-state index in [1.165, 1.54) is 5.56 Å². The SMILES string of the molecule is COc1cnccc1C(N)Cc1ccc(Br)cc1. The lowest BCUT2D eigenvalue weighted by Crippen LogP contribution is -2.14. The molecule has 0 amide bonds. The van der Waals surface area contributed by atoms with E-state index < -0.39 is 0 Å². The molecule has 0 radical (unpaired) electrons. The van der Waals surface area contributed by atoms with E-state index in [0.717, 1.165) is 22.2 Å². The van der Waals surface area contributed by atoms with Crippen LogP contribution in [-0.4, -0.2) is 12.1 Å². The van der Waals surface area contributed by atoms with Crippen LogP contribution in [0.25, 0.3) is 0 Å². The van der Waals surface area contributed by atoms with E-state index in [9.17, 15) is 0 Å². The molecule has 0 spiro atoms.